The Morgan fingerprint density at radius 3 is 1.17 bits per heavy atom. The van der Waals surface area contributed by atoms with Crippen molar-refractivity contribution in [3.63, 3.8) is 0 Å². The minimum absolute atomic E-state index is 0. The molecule has 0 heterocycles. The van der Waals surface area contributed by atoms with E-state index in [1.807, 2.05) is 78.9 Å². The van der Waals surface area contributed by atoms with Crippen LogP contribution in [-0.2, 0) is 17.1 Å². The third kappa shape index (κ3) is 9.65. The molecule has 0 saturated carbocycles. The van der Waals surface area contributed by atoms with Crippen LogP contribution in [0, 0.1) is 6.92 Å². The average Bonchev–Trinajstić information content (AvgIpc) is 3.09. The van der Waals surface area contributed by atoms with Gasteiger partial charge in [0.2, 0.25) is 0 Å². The van der Waals surface area contributed by atoms with Crippen molar-refractivity contribution in [1.82, 2.24) is 0 Å². The van der Waals surface area contributed by atoms with Crippen molar-refractivity contribution in [2.75, 3.05) is 0 Å². The van der Waals surface area contributed by atoms with E-state index in [1.54, 1.807) is 0 Å². The minimum Gasteiger partial charge on any atom is -0.214 e. The molecule has 0 unspecified atom stereocenters. The molecule has 0 aliphatic rings. The van der Waals surface area contributed by atoms with Crippen LogP contribution in [0.25, 0.3) is 0 Å². The van der Waals surface area contributed by atoms with E-state index < -0.39 is 0 Å². The van der Waals surface area contributed by atoms with Gasteiger partial charge in [-0.3, -0.25) is 0 Å². The number of benzene rings is 1. The Morgan fingerprint density at radius 1 is 0.611 bits per heavy atom. The molecule has 0 atom stereocenters. The summed E-state index contributed by atoms with van der Waals surface area (Å²) in [5, 5.41) is 0. The van der Waals surface area contributed by atoms with Crippen LogP contribution in [0.4, 0.5) is 0 Å². The Hall–Kier alpha value is -1.56. The smallest absolute Gasteiger partial charge is 0.214 e. The van der Waals surface area contributed by atoms with Crippen LogP contribution < -0.4 is 0 Å². The fourth-order valence-corrected chi connectivity index (χ4v) is 1.18. The summed E-state index contributed by atoms with van der Waals surface area (Å²) in [4.78, 5) is 0. The van der Waals surface area contributed by atoms with Crippen LogP contribution in [-0.4, -0.2) is 0 Å². The molecule has 0 nitrogen and oxygen atoms in total. The first-order valence-corrected chi connectivity index (χ1v) is 5.74. The van der Waals surface area contributed by atoms with Gasteiger partial charge in [0.15, 0.2) is 0 Å². The van der Waals surface area contributed by atoms with E-state index in [1.165, 1.54) is 5.56 Å². The zero-order valence-electron chi connectivity index (χ0n) is 10.5. The first-order valence-electron chi connectivity index (χ1n) is 5.74. The predicted molar refractivity (Wildman–Crippen MR) is 75.2 cm³/mol. The van der Waals surface area contributed by atoms with E-state index >= 15 is 0 Å². The molecular weight excluding hydrogens is 260 g/mol. The Morgan fingerprint density at radius 2 is 1.00 bits per heavy atom. The molecule has 0 bridgehead atoms. The molecule has 0 aliphatic heterocycles. The summed E-state index contributed by atoms with van der Waals surface area (Å²) in [6.45, 7) is 2.08. The van der Waals surface area contributed by atoms with E-state index in [4.69, 9.17) is 0 Å². The van der Waals surface area contributed by atoms with Crippen molar-refractivity contribution in [3.8, 4) is 0 Å². The Labute approximate surface area is 120 Å². The third-order valence-corrected chi connectivity index (χ3v) is 2.05. The monoisotopic (exact) mass is 278 g/mol. The molecular formula is C17H18Fe. The molecule has 3 aromatic carbocycles. The van der Waals surface area contributed by atoms with E-state index in [0.717, 1.165) is 0 Å². The second-order valence-corrected chi connectivity index (χ2v) is 3.58. The number of rotatable bonds is 0. The fourth-order valence-electron chi connectivity index (χ4n) is 1.18. The molecule has 0 spiro atoms. The van der Waals surface area contributed by atoms with Gasteiger partial charge in [0, 0.05) is 0 Å². The quantitative estimate of drug-likeness (QED) is 0.409. The van der Waals surface area contributed by atoms with Crippen molar-refractivity contribution in [2.24, 2.45) is 0 Å². The maximum Gasteiger partial charge on any atom is 2.00 e. The van der Waals surface area contributed by atoms with Crippen LogP contribution in [0.2, 0.25) is 0 Å². The van der Waals surface area contributed by atoms with Crippen LogP contribution in [0.5, 0.6) is 0 Å². The van der Waals surface area contributed by atoms with Gasteiger partial charge in [0.1, 0.15) is 0 Å². The maximum atomic E-state index is 2.08. The number of aryl methyl sites for hydroxylation is 1. The molecule has 1 heteroatoms. The van der Waals surface area contributed by atoms with Crippen molar-refractivity contribution in [3.05, 3.63) is 96.6 Å². The zero-order chi connectivity index (χ0) is 12.2. The van der Waals surface area contributed by atoms with Gasteiger partial charge in [0.25, 0.3) is 0 Å². The molecule has 3 aromatic rings. The molecule has 0 amide bonds. The molecule has 94 valence electrons. The summed E-state index contributed by atoms with van der Waals surface area (Å²) >= 11 is 0. The van der Waals surface area contributed by atoms with E-state index in [-0.39, 0.29) is 17.1 Å². The van der Waals surface area contributed by atoms with Crippen LogP contribution in [0.3, 0.4) is 0 Å². The summed E-state index contributed by atoms with van der Waals surface area (Å²) in [5.74, 6) is 0. The average molecular weight is 278 g/mol. The molecule has 0 aromatic heterocycles. The van der Waals surface area contributed by atoms with Gasteiger partial charge in [0.05, 0.1) is 0 Å². The van der Waals surface area contributed by atoms with Gasteiger partial charge in [-0.05, 0) is 6.92 Å². The SMILES string of the molecule is Cc1ccccc1.[Fe+2].c1cc[cH-]c1.c1cc[cH-]c1. The van der Waals surface area contributed by atoms with Crippen LogP contribution >= 0.6 is 0 Å². The minimum atomic E-state index is 0. The molecule has 3 rings (SSSR count). The van der Waals surface area contributed by atoms with Crippen molar-refractivity contribution in [2.45, 2.75) is 6.92 Å². The summed E-state index contributed by atoms with van der Waals surface area (Å²) in [6.07, 6.45) is 0. The Balaban J connectivity index is 0.000000239. The predicted octanol–water partition coefficient (Wildman–Crippen LogP) is 4.80. The van der Waals surface area contributed by atoms with E-state index in [9.17, 15) is 0 Å². The van der Waals surface area contributed by atoms with E-state index in [2.05, 4.69) is 19.1 Å². The second-order valence-electron chi connectivity index (χ2n) is 3.58. The summed E-state index contributed by atoms with van der Waals surface area (Å²) < 4.78 is 0. The Bertz CT molecular complexity index is 363. The topological polar surface area (TPSA) is 0 Å². The van der Waals surface area contributed by atoms with Crippen LogP contribution in [0.1, 0.15) is 5.56 Å². The van der Waals surface area contributed by atoms with Crippen molar-refractivity contribution < 1.29 is 17.1 Å². The van der Waals surface area contributed by atoms with Crippen LogP contribution in [0.15, 0.2) is 91.0 Å². The number of hydrogen-bond acceptors (Lipinski definition) is 0. The second kappa shape index (κ2) is 11.9. The first kappa shape index (κ1) is 16.4. The number of hydrogen-bond donors (Lipinski definition) is 0. The first-order chi connectivity index (χ1) is 8.39. The van der Waals surface area contributed by atoms with E-state index in [0.29, 0.717) is 0 Å². The largest absolute Gasteiger partial charge is 2.00 e. The molecule has 0 aliphatic carbocycles. The summed E-state index contributed by atoms with van der Waals surface area (Å²) in [5.41, 5.74) is 1.32. The molecule has 0 radical (unpaired) electrons. The van der Waals surface area contributed by atoms with Gasteiger partial charge in [-0.15, -0.1) is 0 Å². The maximum absolute atomic E-state index is 2.08. The van der Waals surface area contributed by atoms with Gasteiger partial charge < -0.3 is 0 Å². The molecule has 0 fully saturated rings. The van der Waals surface area contributed by atoms with Crippen molar-refractivity contribution in [1.29, 1.82) is 0 Å². The zero-order valence-corrected chi connectivity index (χ0v) is 11.6. The third-order valence-electron chi connectivity index (χ3n) is 2.05. The summed E-state index contributed by atoms with van der Waals surface area (Å²) in [7, 11) is 0. The normalized spacial score (nSPS) is 7.83. The van der Waals surface area contributed by atoms with Crippen molar-refractivity contribution >= 4 is 0 Å². The molecule has 0 N–H and O–H groups in total. The van der Waals surface area contributed by atoms with Gasteiger partial charge in [-0.25, -0.2) is 24.3 Å². The fraction of sp³-hybridized carbons (Fsp3) is 0.0588. The summed E-state index contributed by atoms with van der Waals surface area (Å²) in [6, 6.07) is 30.3. The Kier molecular flexibility index (Phi) is 10.9. The van der Waals surface area contributed by atoms with Gasteiger partial charge >= 0.3 is 17.1 Å². The standard InChI is InChI=1S/C7H8.2C5H5.Fe/c1-7-5-3-2-4-6-7;2*1-2-4-5-3-1;/h2-6H,1H3;2*1-5H;/q;2*-1;+2. The van der Waals surface area contributed by atoms with Gasteiger partial charge in [-0.2, -0.15) is 36.4 Å². The molecule has 0 saturated heterocycles. The molecule has 18 heavy (non-hydrogen) atoms. The van der Waals surface area contributed by atoms with Gasteiger partial charge in [-0.1, -0.05) is 35.9 Å².